The number of carboxylic acids is 1. The third-order valence-electron chi connectivity index (χ3n) is 5.92. The average molecular weight is 487 g/mol. The minimum atomic E-state index is -0.935. The molecule has 0 fully saturated rings. The van der Waals surface area contributed by atoms with E-state index >= 15 is 0 Å². The first kappa shape index (κ1) is 26.7. The van der Waals surface area contributed by atoms with Crippen LogP contribution in [-0.4, -0.2) is 22.9 Å². The number of aliphatic carboxylic acids is 1. The summed E-state index contributed by atoms with van der Waals surface area (Å²) in [5, 5.41) is 15.2. The molecule has 0 aromatic heterocycles. The van der Waals surface area contributed by atoms with Crippen molar-refractivity contribution in [1.82, 2.24) is 5.32 Å². The summed E-state index contributed by atoms with van der Waals surface area (Å²) in [4.78, 5) is 37.4. The van der Waals surface area contributed by atoms with Crippen molar-refractivity contribution in [3.8, 4) is 0 Å². The van der Waals surface area contributed by atoms with Crippen LogP contribution in [0.2, 0.25) is 0 Å². The van der Waals surface area contributed by atoms with Crippen LogP contribution in [0.1, 0.15) is 75.7 Å². The van der Waals surface area contributed by atoms with Crippen LogP contribution in [0, 0.1) is 19.8 Å². The number of benzene rings is 3. The third-order valence-corrected chi connectivity index (χ3v) is 5.92. The normalized spacial score (nSPS) is 11.7. The highest BCUT2D eigenvalue weighted by atomic mass is 16.4. The molecule has 0 radical (unpaired) electrons. The molecule has 3 N–H and O–H groups in total. The highest BCUT2D eigenvalue weighted by Crippen LogP contribution is 2.26. The second kappa shape index (κ2) is 12.2. The fourth-order valence-corrected chi connectivity index (χ4v) is 4.31. The minimum Gasteiger partial charge on any atom is -0.481 e. The van der Waals surface area contributed by atoms with Gasteiger partial charge in [-0.3, -0.25) is 14.4 Å². The lowest BCUT2D eigenvalue weighted by molar-refractivity contribution is -0.136. The molecule has 0 saturated heterocycles. The average Bonchev–Trinajstić information content (AvgIpc) is 2.82. The van der Waals surface area contributed by atoms with Crippen LogP contribution in [0.5, 0.6) is 0 Å². The van der Waals surface area contributed by atoms with Gasteiger partial charge in [0.05, 0.1) is 6.04 Å². The van der Waals surface area contributed by atoms with Crippen molar-refractivity contribution in [2.45, 2.75) is 53.0 Å². The zero-order valence-corrected chi connectivity index (χ0v) is 21.3. The number of carbonyl (C=O) groups is 3. The molecule has 0 heterocycles. The summed E-state index contributed by atoms with van der Waals surface area (Å²) in [5.41, 5.74) is 5.25. The van der Waals surface area contributed by atoms with Crippen LogP contribution in [0.15, 0.2) is 66.7 Å². The summed E-state index contributed by atoms with van der Waals surface area (Å²) < 4.78 is 0. The van der Waals surface area contributed by atoms with Gasteiger partial charge < -0.3 is 15.7 Å². The van der Waals surface area contributed by atoms with E-state index < -0.39 is 5.97 Å². The largest absolute Gasteiger partial charge is 0.481 e. The lowest BCUT2D eigenvalue weighted by Gasteiger charge is -2.23. The maximum Gasteiger partial charge on any atom is 0.303 e. The number of carbonyl (C=O) groups excluding carboxylic acids is 2. The lowest BCUT2D eigenvalue weighted by Crippen LogP contribution is -2.30. The van der Waals surface area contributed by atoms with Crippen molar-refractivity contribution in [2.75, 3.05) is 5.32 Å². The van der Waals surface area contributed by atoms with Gasteiger partial charge in [-0.1, -0.05) is 67.4 Å². The number of amides is 2. The van der Waals surface area contributed by atoms with Crippen molar-refractivity contribution >= 4 is 23.5 Å². The summed E-state index contributed by atoms with van der Waals surface area (Å²) in [6, 6.07) is 19.9. The molecule has 6 heteroatoms. The molecular weight excluding hydrogens is 452 g/mol. The molecule has 0 saturated carbocycles. The minimum absolute atomic E-state index is 0.0947. The molecule has 1 atom stereocenters. The van der Waals surface area contributed by atoms with Crippen molar-refractivity contribution in [3.05, 3.63) is 100 Å². The standard InChI is InChI=1S/C30H34N2O4/c1-19(2)14-27(24-16-20(3)15-21(4)17-24)32-30(36)26-18-25(12-10-22(26)11-13-28(33)34)31-29(35)23-8-6-5-7-9-23/h5-10,12,15-19,27H,11,13-14H2,1-4H3,(H,31,35)(H,32,36)(H,33,34). The van der Waals surface area contributed by atoms with Crippen LogP contribution < -0.4 is 10.6 Å². The van der Waals surface area contributed by atoms with E-state index in [1.54, 1.807) is 42.5 Å². The Hall–Kier alpha value is -3.93. The van der Waals surface area contributed by atoms with Gasteiger partial charge >= 0.3 is 5.97 Å². The second-order valence-corrected chi connectivity index (χ2v) is 9.66. The van der Waals surface area contributed by atoms with Crippen LogP contribution >= 0.6 is 0 Å². The molecule has 3 aromatic rings. The summed E-state index contributed by atoms with van der Waals surface area (Å²) in [5.74, 6) is -1.17. The first-order valence-corrected chi connectivity index (χ1v) is 12.2. The van der Waals surface area contributed by atoms with E-state index in [4.69, 9.17) is 0 Å². The van der Waals surface area contributed by atoms with E-state index in [0.29, 0.717) is 28.3 Å². The molecule has 3 aromatic carbocycles. The van der Waals surface area contributed by atoms with Gasteiger partial charge in [0.25, 0.3) is 11.8 Å². The number of carboxylic acid groups (broad SMARTS) is 1. The third kappa shape index (κ3) is 7.54. The van der Waals surface area contributed by atoms with Crippen LogP contribution in [0.3, 0.4) is 0 Å². The fraction of sp³-hybridized carbons (Fsp3) is 0.300. The monoisotopic (exact) mass is 486 g/mol. The van der Waals surface area contributed by atoms with Gasteiger partial charge in [-0.2, -0.15) is 0 Å². The summed E-state index contributed by atoms with van der Waals surface area (Å²) >= 11 is 0. The van der Waals surface area contributed by atoms with Crippen molar-refractivity contribution in [1.29, 1.82) is 0 Å². The summed E-state index contributed by atoms with van der Waals surface area (Å²) in [7, 11) is 0. The Balaban J connectivity index is 1.92. The lowest BCUT2D eigenvalue weighted by atomic mass is 9.93. The zero-order chi connectivity index (χ0) is 26.2. The molecule has 0 aliphatic carbocycles. The molecule has 0 aliphatic rings. The first-order chi connectivity index (χ1) is 17.1. The first-order valence-electron chi connectivity index (χ1n) is 12.2. The van der Waals surface area contributed by atoms with Gasteiger partial charge in [-0.05, 0) is 68.0 Å². The Morgan fingerprint density at radius 3 is 2.14 bits per heavy atom. The number of anilines is 1. The van der Waals surface area contributed by atoms with Gasteiger partial charge in [-0.25, -0.2) is 0 Å². The predicted molar refractivity (Wildman–Crippen MR) is 142 cm³/mol. The molecule has 0 aliphatic heterocycles. The molecular formula is C30H34N2O4. The topological polar surface area (TPSA) is 95.5 Å². The van der Waals surface area contributed by atoms with E-state index in [-0.39, 0.29) is 30.7 Å². The van der Waals surface area contributed by atoms with Gasteiger partial charge in [0, 0.05) is 23.2 Å². The van der Waals surface area contributed by atoms with Crippen molar-refractivity contribution in [2.24, 2.45) is 5.92 Å². The van der Waals surface area contributed by atoms with Crippen LogP contribution in [-0.2, 0) is 11.2 Å². The van der Waals surface area contributed by atoms with E-state index in [9.17, 15) is 19.5 Å². The molecule has 1 unspecified atom stereocenters. The van der Waals surface area contributed by atoms with Crippen molar-refractivity contribution in [3.63, 3.8) is 0 Å². The van der Waals surface area contributed by atoms with Crippen LogP contribution in [0.4, 0.5) is 5.69 Å². The summed E-state index contributed by atoms with van der Waals surface area (Å²) in [6.07, 6.45) is 0.870. The number of hydrogen-bond donors (Lipinski definition) is 3. The molecule has 188 valence electrons. The highest BCUT2D eigenvalue weighted by Gasteiger charge is 2.21. The Morgan fingerprint density at radius 1 is 0.861 bits per heavy atom. The fourth-order valence-electron chi connectivity index (χ4n) is 4.31. The Labute approximate surface area is 212 Å². The van der Waals surface area contributed by atoms with Gasteiger partial charge in [0.1, 0.15) is 0 Å². The van der Waals surface area contributed by atoms with Gasteiger partial charge in [0.2, 0.25) is 0 Å². The Kier molecular flexibility index (Phi) is 9.01. The molecule has 0 bridgehead atoms. The number of nitrogens with one attached hydrogen (secondary N) is 2. The molecule has 3 rings (SSSR count). The Bertz CT molecular complexity index is 1210. The quantitative estimate of drug-likeness (QED) is 0.323. The van der Waals surface area contributed by atoms with E-state index in [2.05, 4.69) is 42.7 Å². The summed E-state index contributed by atoms with van der Waals surface area (Å²) in [6.45, 7) is 8.29. The number of aryl methyl sites for hydroxylation is 3. The number of rotatable bonds is 10. The van der Waals surface area contributed by atoms with Gasteiger partial charge in [0.15, 0.2) is 0 Å². The highest BCUT2D eigenvalue weighted by molar-refractivity contribution is 6.05. The van der Waals surface area contributed by atoms with Crippen LogP contribution in [0.25, 0.3) is 0 Å². The predicted octanol–water partition coefficient (Wildman–Crippen LogP) is 6.09. The van der Waals surface area contributed by atoms with Gasteiger partial charge in [-0.15, -0.1) is 0 Å². The second-order valence-electron chi connectivity index (χ2n) is 9.66. The molecule has 36 heavy (non-hydrogen) atoms. The maximum absolute atomic E-state index is 13.6. The zero-order valence-electron chi connectivity index (χ0n) is 21.3. The molecule has 0 spiro atoms. The molecule has 6 nitrogen and oxygen atoms in total. The van der Waals surface area contributed by atoms with Crippen molar-refractivity contribution < 1.29 is 19.5 Å². The Morgan fingerprint density at radius 2 is 1.53 bits per heavy atom. The van der Waals surface area contributed by atoms with E-state index in [0.717, 1.165) is 23.1 Å². The maximum atomic E-state index is 13.6. The van der Waals surface area contributed by atoms with E-state index in [1.807, 2.05) is 19.9 Å². The SMILES string of the molecule is Cc1cc(C)cc(C(CC(C)C)NC(=O)c2cc(NC(=O)c3ccccc3)ccc2CCC(=O)O)c1. The molecule has 2 amide bonds. The smallest absolute Gasteiger partial charge is 0.303 e. The number of hydrogen-bond acceptors (Lipinski definition) is 3. The van der Waals surface area contributed by atoms with E-state index in [1.165, 1.54) is 0 Å².